The van der Waals surface area contributed by atoms with Crippen molar-refractivity contribution in [2.24, 2.45) is 0 Å². The van der Waals surface area contributed by atoms with E-state index < -0.39 is 0 Å². The molecule has 0 radical (unpaired) electrons. The standard InChI is InChI=1S/C20H23N5S/c21-14-16-4-5-19-18(13-16)17(15-23-19)3-1-2-7-24-8-10-25(11-9-24)20-22-6-12-26-20/h4-6,12-13,15,23H,1-3,7-11H2. The largest absolute Gasteiger partial charge is 0.361 e. The normalized spacial score (nSPS) is 15.4. The summed E-state index contributed by atoms with van der Waals surface area (Å²) in [5.41, 5.74) is 3.18. The van der Waals surface area contributed by atoms with Crippen LogP contribution >= 0.6 is 11.3 Å². The highest BCUT2D eigenvalue weighted by Crippen LogP contribution is 2.22. The molecule has 26 heavy (non-hydrogen) atoms. The second-order valence-corrected chi connectivity index (χ2v) is 7.66. The van der Waals surface area contributed by atoms with Gasteiger partial charge in [-0.25, -0.2) is 4.98 Å². The van der Waals surface area contributed by atoms with E-state index in [1.165, 1.54) is 23.8 Å². The molecule has 1 aliphatic heterocycles. The molecule has 6 heteroatoms. The summed E-state index contributed by atoms with van der Waals surface area (Å²) in [5.74, 6) is 0. The summed E-state index contributed by atoms with van der Waals surface area (Å²) in [6.07, 6.45) is 7.43. The lowest BCUT2D eigenvalue weighted by atomic mass is 10.1. The van der Waals surface area contributed by atoms with E-state index in [-0.39, 0.29) is 0 Å². The molecule has 1 aromatic carbocycles. The maximum atomic E-state index is 9.09. The Labute approximate surface area is 157 Å². The van der Waals surface area contributed by atoms with E-state index in [0.717, 1.165) is 55.4 Å². The molecule has 2 aromatic heterocycles. The van der Waals surface area contributed by atoms with Gasteiger partial charge in [0, 0.05) is 54.9 Å². The van der Waals surface area contributed by atoms with E-state index in [9.17, 15) is 0 Å². The third-order valence-electron chi connectivity index (χ3n) is 5.13. The number of H-pyrrole nitrogens is 1. The first-order valence-corrected chi connectivity index (χ1v) is 10.1. The average molecular weight is 366 g/mol. The van der Waals surface area contributed by atoms with Crippen molar-refractivity contribution in [2.75, 3.05) is 37.6 Å². The third kappa shape index (κ3) is 3.74. The first-order valence-electron chi connectivity index (χ1n) is 9.20. The predicted octanol–water partition coefficient (Wildman–Crippen LogP) is 3.64. The number of fused-ring (bicyclic) bond motifs is 1. The highest BCUT2D eigenvalue weighted by molar-refractivity contribution is 7.13. The van der Waals surface area contributed by atoms with E-state index in [2.05, 4.69) is 32.0 Å². The molecule has 0 amide bonds. The molecule has 134 valence electrons. The van der Waals surface area contributed by atoms with Crippen molar-refractivity contribution in [3.63, 3.8) is 0 Å². The molecule has 4 rings (SSSR count). The molecule has 1 aliphatic rings. The van der Waals surface area contributed by atoms with Gasteiger partial charge >= 0.3 is 0 Å². The van der Waals surface area contributed by atoms with Crippen molar-refractivity contribution in [3.05, 3.63) is 47.1 Å². The summed E-state index contributed by atoms with van der Waals surface area (Å²) in [6.45, 7) is 5.56. The van der Waals surface area contributed by atoms with Gasteiger partial charge in [-0.1, -0.05) is 0 Å². The number of unbranched alkanes of at least 4 members (excludes halogenated alkanes) is 1. The van der Waals surface area contributed by atoms with Crippen LogP contribution in [-0.4, -0.2) is 47.6 Å². The SMILES string of the molecule is N#Cc1ccc2[nH]cc(CCCCN3CCN(c4nccs4)CC3)c2c1. The molecule has 0 saturated carbocycles. The van der Waals surface area contributed by atoms with Gasteiger partial charge in [0.15, 0.2) is 5.13 Å². The number of thiazole rings is 1. The topological polar surface area (TPSA) is 59.0 Å². The van der Waals surface area contributed by atoms with Gasteiger partial charge in [0.2, 0.25) is 0 Å². The summed E-state index contributed by atoms with van der Waals surface area (Å²) >= 11 is 1.73. The van der Waals surface area contributed by atoms with Crippen molar-refractivity contribution in [3.8, 4) is 6.07 Å². The fourth-order valence-corrected chi connectivity index (χ4v) is 4.34. The number of anilines is 1. The zero-order valence-electron chi connectivity index (χ0n) is 14.8. The Kier molecular flexibility index (Phi) is 5.19. The van der Waals surface area contributed by atoms with Crippen LogP contribution in [-0.2, 0) is 6.42 Å². The number of aromatic amines is 1. The van der Waals surface area contributed by atoms with Crippen LogP contribution in [0, 0.1) is 11.3 Å². The molecular weight excluding hydrogens is 342 g/mol. The van der Waals surface area contributed by atoms with Crippen LogP contribution in [0.1, 0.15) is 24.0 Å². The van der Waals surface area contributed by atoms with E-state index in [4.69, 9.17) is 5.26 Å². The van der Waals surface area contributed by atoms with Crippen molar-refractivity contribution in [1.82, 2.24) is 14.9 Å². The number of nitrogens with one attached hydrogen (secondary N) is 1. The molecule has 0 spiro atoms. The number of aryl methyl sites for hydroxylation is 1. The monoisotopic (exact) mass is 365 g/mol. The van der Waals surface area contributed by atoms with Crippen molar-refractivity contribution >= 4 is 27.4 Å². The van der Waals surface area contributed by atoms with E-state index in [1.54, 1.807) is 11.3 Å². The molecule has 0 aliphatic carbocycles. The molecule has 5 nitrogen and oxygen atoms in total. The molecule has 0 unspecified atom stereocenters. The summed E-state index contributed by atoms with van der Waals surface area (Å²) in [7, 11) is 0. The summed E-state index contributed by atoms with van der Waals surface area (Å²) in [6, 6.07) is 8.10. The summed E-state index contributed by atoms with van der Waals surface area (Å²) < 4.78 is 0. The van der Waals surface area contributed by atoms with Crippen LogP contribution in [0.3, 0.4) is 0 Å². The fourth-order valence-electron chi connectivity index (χ4n) is 3.64. The van der Waals surface area contributed by atoms with Crippen molar-refractivity contribution in [1.29, 1.82) is 5.26 Å². The second-order valence-electron chi connectivity index (χ2n) is 6.79. The minimum absolute atomic E-state index is 0.733. The number of piperazine rings is 1. The first kappa shape index (κ1) is 17.1. The van der Waals surface area contributed by atoms with Crippen LogP contribution in [0.4, 0.5) is 5.13 Å². The van der Waals surface area contributed by atoms with Crippen molar-refractivity contribution < 1.29 is 0 Å². The zero-order chi connectivity index (χ0) is 17.8. The van der Waals surface area contributed by atoms with E-state index >= 15 is 0 Å². The molecule has 1 N–H and O–H groups in total. The number of hydrogen-bond acceptors (Lipinski definition) is 5. The van der Waals surface area contributed by atoms with Gasteiger partial charge in [-0.05, 0) is 49.6 Å². The maximum Gasteiger partial charge on any atom is 0.185 e. The van der Waals surface area contributed by atoms with E-state index in [0.29, 0.717) is 0 Å². The number of rotatable bonds is 6. The van der Waals surface area contributed by atoms with Gasteiger partial charge in [0.05, 0.1) is 11.6 Å². The molecular formula is C20H23N5S. The molecule has 0 bridgehead atoms. The summed E-state index contributed by atoms with van der Waals surface area (Å²) in [5, 5.41) is 13.5. The van der Waals surface area contributed by atoms with Gasteiger partial charge < -0.3 is 9.88 Å². The van der Waals surface area contributed by atoms with Crippen LogP contribution in [0.15, 0.2) is 36.0 Å². The predicted molar refractivity (Wildman–Crippen MR) is 107 cm³/mol. The Morgan fingerprint density at radius 3 is 2.85 bits per heavy atom. The van der Waals surface area contributed by atoms with Crippen LogP contribution in [0.5, 0.6) is 0 Å². The minimum Gasteiger partial charge on any atom is -0.361 e. The molecule has 3 heterocycles. The van der Waals surface area contributed by atoms with Crippen LogP contribution < -0.4 is 4.90 Å². The smallest absolute Gasteiger partial charge is 0.185 e. The van der Waals surface area contributed by atoms with Crippen LogP contribution in [0.25, 0.3) is 10.9 Å². The Balaban J connectivity index is 1.23. The molecule has 0 atom stereocenters. The van der Waals surface area contributed by atoms with Gasteiger partial charge in [-0.2, -0.15) is 5.26 Å². The van der Waals surface area contributed by atoms with Crippen LogP contribution in [0.2, 0.25) is 0 Å². The fraction of sp³-hybridized carbons (Fsp3) is 0.400. The summed E-state index contributed by atoms with van der Waals surface area (Å²) in [4.78, 5) is 12.7. The number of hydrogen-bond donors (Lipinski definition) is 1. The highest BCUT2D eigenvalue weighted by atomic mass is 32.1. The first-order chi connectivity index (χ1) is 12.8. The Morgan fingerprint density at radius 1 is 1.19 bits per heavy atom. The number of aromatic nitrogens is 2. The third-order valence-corrected chi connectivity index (χ3v) is 5.96. The number of nitriles is 1. The molecule has 1 fully saturated rings. The number of nitrogens with zero attached hydrogens (tertiary/aromatic N) is 4. The minimum atomic E-state index is 0.733. The lowest BCUT2D eigenvalue weighted by Gasteiger charge is -2.34. The Morgan fingerprint density at radius 2 is 2.08 bits per heavy atom. The second kappa shape index (κ2) is 7.90. The zero-order valence-corrected chi connectivity index (χ0v) is 15.6. The Hall–Kier alpha value is -2.36. The van der Waals surface area contributed by atoms with Gasteiger partial charge in [0.1, 0.15) is 0 Å². The average Bonchev–Trinajstić information content (AvgIpc) is 3.35. The lowest BCUT2D eigenvalue weighted by molar-refractivity contribution is 0.253. The number of benzene rings is 1. The molecule has 3 aromatic rings. The Bertz CT molecular complexity index is 885. The highest BCUT2D eigenvalue weighted by Gasteiger charge is 2.18. The lowest BCUT2D eigenvalue weighted by Crippen LogP contribution is -2.46. The quantitative estimate of drug-likeness (QED) is 0.678. The van der Waals surface area contributed by atoms with Crippen molar-refractivity contribution in [2.45, 2.75) is 19.3 Å². The van der Waals surface area contributed by atoms with Gasteiger partial charge in [-0.15, -0.1) is 11.3 Å². The maximum absolute atomic E-state index is 9.09. The molecule has 1 saturated heterocycles. The van der Waals surface area contributed by atoms with E-state index in [1.807, 2.05) is 29.8 Å². The van der Waals surface area contributed by atoms with Gasteiger partial charge in [0.25, 0.3) is 0 Å². The van der Waals surface area contributed by atoms with Gasteiger partial charge in [-0.3, -0.25) is 4.90 Å².